The molecule has 1 aromatic heterocycles. The van der Waals surface area contributed by atoms with E-state index in [-0.39, 0.29) is 5.56 Å². The number of nitrogens with two attached hydrogens (primary N) is 1. The normalized spacial score (nSPS) is 10.3. The molecule has 0 saturated carbocycles. The molecule has 2 aromatic rings. The van der Waals surface area contributed by atoms with Crippen LogP contribution in [0.3, 0.4) is 0 Å². The molecule has 1 aromatic carbocycles. The van der Waals surface area contributed by atoms with Crippen LogP contribution in [0.1, 0.15) is 11.3 Å². The molecule has 2 N–H and O–H groups in total. The van der Waals surface area contributed by atoms with Gasteiger partial charge in [0.05, 0.1) is 13.7 Å². The van der Waals surface area contributed by atoms with Crippen LogP contribution in [0.25, 0.3) is 0 Å². The van der Waals surface area contributed by atoms with E-state index in [0.29, 0.717) is 23.9 Å². The number of benzene rings is 1. The summed E-state index contributed by atoms with van der Waals surface area (Å²) >= 11 is 0. The molecular weight excluding hydrogens is 230 g/mol. The van der Waals surface area contributed by atoms with Crippen molar-refractivity contribution in [1.82, 2.24) is 9.55 Å². The summed E-state index contributed by atoms with van der Waals surface area (Å²) in [6.07, 6.45) is 0. The van der Waals surface area contributed by atoms with Crippen LogP contribution in [0.15, 0.2) is 35.1 Å². The van der Waals surface area contributed by atoms with Gasteiger partial charge in [0.25, 0.3) is 11.6 Å². The van der Waals surface area contributed by atoms with Crippen LogP contribution in [-0.4, -0.2) is 16.7 Å². The second-order valence-electron chi connectivity index (χ2n) is 4.05. The topological polar surface area (TPSA) is 70.1 Å². The number of anilines is 1. The van der Waals surface area contributed by atoms with E-state index in [4.69, 9.17) is 10.5 Å². The number of nitrogen functional groups attached to an aromatic ring is 1. The lowest BCUT2D eigenvalue weighted by Gasteiger charge is -2.11. The Morgan fingerprint density at radius 1 is 1.39 bits per heavy atom. The smallest absolute Gasteiger partial charge is 0.299 e. The molecule has 18 heavy (non-hydrogen) atoms. The summed E-state index contributed by atoms with van der Waals surface area (Å²) in [6, 6.07) is 9.17. The highest BCUT2D eigenvalue weighted by molar-refractivity contribution is 5.40. The van der Waals surface area contributed by atoms with Gasteiger partial charge in [-0.2, -0.15) is 0 Å². The van der Waals surface area contributed by atoms with Crippen molar-refractivity contribution in [2.75, 3.05) is 12.8 Å². The molecule has 0 aliphatic rings. The van der Waals surface area contributed by atoms with E-state index in [1.54, 1.807) is 13.0 Å². The Morgan fingerprint density at radius 2 is 2.17 bits per heavy atom. The Labute approximate surface area is 105 Å². The van der Waals surface area contributed by atoms with Crippen LogP contribution >= 0.6 is 0 Å². The largest absolute Gasteiger partial charge is 0.468 e. The second-order valence-corrected chi connectivity index (χ2v) is 4.05. The summed E-state index contributed by atoms with van der Waals surface area (Å²) in [4.78, 5) is 16.1. The number of hydrogen-bond acceptors (Lipinski definition) is 4. The predicted molar refractivity (Wildman–Crippen MR) is 69.7 cm³/mol. The first kappa shape index (κ1) is 12.2. The van der Waals surface area contributed by atoms with Crippen molar-refractivity contribution in [3.8, 4) is 6.01 Å². The van der Waals surface area contributed by atoms with Gasteiger partial charge in [-0.3, -0.25) is 9.36 Å². The highest BCUT2D eigenvalue weighted by Gasteiger charge is 2.07. The molecule has 0 radical (unpaired) electrons. The molecule has 0 fully saturated rings. The molecular formula is C13H15N3O2. The van der Waals surface area contributed by atoms with Gasteiger partial charge in [0, 0.05) is 17.4 Å². The van der Waals surface area contributed by atoms with Crippen LogP contribution < -0.4 is 16.0 Å². The van der Waals surface area contributed by atoms with Gasteiger partial charge in [0.15, 0.2) is 0 Å². The molecule has 0 aliphatic heterocycles. The van der Waals surface area contributed by atoms with Crippen molar-refractivity contribution in [1.29, 1.82) is 0 Å². The summed E-state index contributed by atoms with van der Waals surface area (Å²) in [6.45, 7) is 2.15. The van der Waals surface area contributed by atoms with Crippen LogP contribution in [0.2, 0.25) is 0 Å². The lowest BCUT2D eigenvalue weighted by molar-refractivity contribution is 0.350. The van der Waals surface area contributed by atoms with Gasteiger partial charge in [0.2, 0.25) is 0 Å². The highest BCUT2D eigenvalue weighted by atomic mass is 16.5. The monoisotopic (exact) mass is 245 g/mol. The minimum atomic E-state index is -0.137. The lowest BCUT2D eigenvalue weighted by Crippen LogP contribution is -2.23. The van der Waals surface area contributed by atoms with Crippen molar-refractivity contribution < 1.29 is 4.74 Å². The van der Waals surface area contributed by atoms with Gasteiger partial charge in [-0.15, -0.1) is 0 Å². The van der Waals surface area contributed by atoms with E-state index in [1.807, 2.05) is 18.2 Å². The molecule has 0 bridgehead atoms. The molecule has 5 heteroatoms. The van der Waals surface area contributed by atoms with Crippen LogP contribution in [0.4, 0.5) is 5.69 Å². The Morgan fingerprint density at radius 3 is 2.83 bits per heavy atom. The lowest BCUT2D eigenvalue weighted by atomic mass is 10.2. The minimum absolute atomic E-state index is 0.137. The molecule has 2 rings (SSSR count). The van der Waals surface area contributed by atoms with E-state index in [1.165, 1.54) is 17.7 Å². The first-order valence-corrected chi connectivity index (χ1v) is 5.57. The predicted octanol–water partition coefficient (Wildman–Crippen LogP) is 1.19. The van der Waals surface area contributed by atoms with Gasteiger partial charge in [-0.05, 0) is 24.6 Å². The van der Waals surface area contributed by atoms with E-state index in [0.717, 1.165) is 5.56 Å². The Balaban J connectivity index is 2.43. The third-order valence-electron chi connectivity index (χ3n) is 2.58. The van der Waals surface area contributed by atoms with Crippen molar-refractivity contribution in [2.45, 2.75) is 13.5 Å². The molecule has 0 spiro atoms. The van der Waals surface area contributed by atoms with Crippen molar-refractivity contribution in [3.05, 3.63) is 51.9 Å². The summed E-state index contributed by atoms with van der Waals surface area (Å²) < 4.78 is 6.60. The maximum absolute atomic E-state index is 11.9. The van der Waals surface area contributed by atoms with Gasteiger partial charge in [-0.1, -0.05) is 12.1 Å². The summed E-state index contributed by atoms with van der Waals surface area (Å²) in [5.74, 6) is 0. The Kier molecular flexibility index (Phi) is 3.32. The highest BCUT2D eigenvalue weighted by Crippen LogP contribution is 2.11. The summed E-state index contributed by atoms with van der Waals surface area (Å²) in [7, 11) is 1.50. The number of aromatic nitrogens is 2. The zero-order chi connectivity index (χ0) is 13.1. The van der Waals surface area contributed by atoms with E-state index in [9.17, 15) is 4.79 Å². The molecule has 0 aliphatic carbocycles. The zero-order valence-corrected chi connectivity index (χ0v) is 10.4. The van der Waals surface area contributed by atoms with Crippen LogP contribution in [0, 0.1) is 6.92 Å². The Hall–Kier alpha value is -2.30. The van der Waals surface area contributed by atoms with Crippen molar-refractivity contribution in [3.63, 3.8) is 0 Å². The summed E-state index contributed by atoms with van der Waals surface area (Å²) in [5, 5.41) is 0. The Bertz CT molecular complexity index is 620. The fourth-order valence-electron chi connectivity index (χ4n) is 1.77. The van der Waals surface area contributed by atoms with Gasteiger partial charge >= 0.3 is 0 Å². The number of hydrogen-bond donors (Lipinski definition) is 1. The minimum Gasteiger partial charge on any atom is -0.468 e. The standard InChI is InChI=1S/C13H15N3O2/c1-9-6-12(17)16(13(15-9)18-2)8-10-4-3-5-11(14)7-10/h3-7H,8,14H2,1-2H3. The molecule has 1 heterocycles. The number of rotatable bonds is 3. The third-order valence-corrected chi connectivity index (χ3v) is 2.58. The third kappa shape index (κ3) is 2.51. The SMILES string of the molecule is COc1nc(C)cc(=O)n1Cc1cccc(N)c1. The average molecular weight is 245 g/mol. The number of ether oxygens (including phenoxy) is 1. The maximum Gasteiger partial charge on any atom is 0.299 e. The van der Waals surface area contributed by atoms with Crippen LogP contribution in [-0.2, 0) is 6.54 Å². The molecule has 0 amide bonds. The molecule has 94 valence electrons. The maximum atomic E-state index is 11.9. The number of aryl methyl sites for hydroxylation is 1. The van der Waals surface area contributed by atoms with Crippen molar-refractivity contribution >= 4 is 5.69 Å². The second kappa shape index (κ2) is 4.91. The molecule has 0 atom stereocenters. The number of methoxy groups -OCH3 is 1. The first-order chi connectivity index (χ1) is 8.60. The number of nitrogens with zero attached hydrogens (tertiary/aromatic N) is 2. The van der Waals surface area contributed by atoms with Gasteiger partial charge in [-0.25, -0.2) is 4.98 Å². The van der Waals surface area contributed by atoms with E-state index >= 15 is 0 Å². The fraction of sp³-hybridized carbons (Fsp3) is 0.231. The van der Waals surface area contributed by atoms with Crippen LogP contribution in [0.5, 0.6) is 6.01 Å². The fourth-order valence-corrected chi connectivity index (χ4v) is 1.77. The molecule has 0 unspecified atom stereocenters. The van der Waals surface area contributed by atoms with Crippen molar-refractivity contribution in [2.24, 2.45) is 0 Å². The molecule has 5 nitrogen and oxygen atoms in total. The molecule has 0 saturated heterocycles. The average Bonchev–Trinajstić information content (AvgIpc) is 2.32. The van der Waals surface area contributed by atoms with E-state index < -0.39 is 0 Å². The summed E-state index contributed by atoms with van der Waals surface area (Å²) in [5.41, 5.74) is 7.81. The quantitative estimate of drug-likeness (QED) is 0.825. The van der Waals surface area contributed by atoms with Gasteiger partial charge in [0.1, 0.15) is 0 Å². The first-order valence-electron chi connectivity index (χ1n) is 5.57. The zero-order valence-electron chi connectivity index (χ0n) is 10.4. The van der Waals surface area contributed by atoms with Gasteiger partial charge < -0.3 is 10.5 Å². The van der Waals surface area contributed by atoms with E-state index in [2.05, 4.69) is 4.98 Å².